The Kier molecular flexibility index (Phi) is 12.4. The lowest BCUT2D eigenvalue weighted by Gasteiger charge is -2.20. The average Bonchev–Trinajstić information content (AvgIpc) is 3.59. The van der Waals surface area contributed by atoms with Crippen molar-refractivity contribution >= 4 is 74.0 Å². The smallest absolute Gasteiger partial charge is 0.228 e. The Morgan fingerprint density at radius 2 is 2.00 bits per heavy atom. The zero-order chi connectivity index (χ0) is 28.8. The van der Waals surface area contributed by atoms with Gasteiger partial charge in [0.2, 0.25) is 17.6 Å². The van der Waals surface area contributed by atoms with E-state index in [-0.39, 0.29) is 48.7 Å². The van der Waals surface area contributed by atoms with Gasteiger partial charge in [0, 0.05) is 36.5 Å². The van der Waals surface area contributed by atoms with Crippen LogP contribution in [0, 0.1) is 12.7 Å². The molecule has 10 nitrogen and oxygen atoms in total. The first-order valence-electron chi connectivity index (χ1n) is 13.6. The number of pyridine rings is 1. The molecule has 230 valence electrons. The first-order valence-corrected chi connectivity index (χ1v) is 14.4. The Labute approximate surface area is 265 Å². The van der Waals surface area contributed by atoms with E-state index in [1.165, 1.54) is 17.4 Å². The van der Waals surface area contributed by atoms with Crippen LogP contribution in [-0.4, -0.2) is 52.3 Å². The number of aryl methyl sites for hydroxylation is 1. The van der Waals surface area contributed by atoms with Crippen LogP contribution in [0.1, 0.15) is 38.5 Å². The molecule has 0 saturated carbocycles. The topological polar surface area (TPSA) is 127 Å². The molecule has 0 unspecified atom stereocenters. The summed E-state index contributed by atoms with van der Waals surface area (Å²) >= 11 is 1.20. The summed E-state index contributed by atoms with van der Waals surface area (Å²) in [4.78, 5) is 26.5. The Morgan fingerprint density at radius 1 is 1.16 bits per heavy atom. The van der Waals surface area contributed by atoms with Gasteiger partial charge in [-0.05, 0) is 62.5 Å². The third-order valence-electron chi connectivity index (χ3n) is 6.47. The third kappa shape index (κ3) is 8.29. The molecule has 14 heteroatoms. The molecule has 0 spiro atoms. The quantitative estimate of drug-likeness (QED) is 0.118. The number of fused-ring (bicyclic) bond motifs is 2. The van der Waals surface area contributed by atoms with E-state index in [0.717, 1.165) is 42.1 Å². The summed E-state index contributed by atoms with van der Waals surface area (Å²) in [6, 6.07) is 10.5. The Balaban J connectivity index is 0.00000253. The summed E-state index contributed by atoms with van der Waals surface area (Å²) < 4.78 is 25.9. The van der Waals surface area contributed by atoms with Crippen LogP contribution in [0.5, 0.6) is 5.75 Å². The van der Waals surface area contributed by atoms with Gasteiger partial charge < -0.3 is 25.2 Å². The molecule has 0 fully saturated rings. The fourth-order valence-electron chi connectivity index (χ4n) is 4.51. The second-order valence-electron chi connectivity index (χ2n) is 9.66. The maximum Gasteiger partial charge on any atom is 0.228 e. The van der Waals surface area contributed by atoms with Crippen molar-refractivity contribution < 1.29 is 18.4 Å². The van der Waals surface area contributed by atoms with E-state index in [0.29, 0.717) is 39.7 Å². The number of hydrogen-bond acceptors (Lipinski definition) is 10. The van der Waals surface area contributed by atoms with Gasteiger partial charge in [-0.2, -0.15) is 4.98 Å². The number of thiazole rings is 1. The predicted molar refractivity (Wildman–Crippen MR) is 173 cm³/mol. The van der Waals surface area contributed by atoms with E-state index in [2.05, 4.69) is 36.1 Å². The summed E-state index contributed by atoms with van der Waals surface area (Å²) in [6.07, 6.45) is 4.31. The molecule has 0 radical (unpaired) electrons. The molecule has 0 saturated heterocycles. The van der Waals surface area contributed by atoms with E-state index >= 15 is 0 Å². The SMILES string of the molecule is CCCOc1ccc(F)c2nc(NC(=O)C[C@H](CCCNC)Nc3nccc4ccc(-c5noc(C)n5)cc34)sc12.Cl.Cl. The molecule has 0 aliphatic heterocycles. The van der Waals surface area contributed by atoms with Gasteiger partial charge in [-0.25, -0.2) is 14.4 Å². The molecule has 3 aromatic heterocycles. The van der Waals surface area contributed by atoms with Crippen LogP contribution >= 0.6 is 36.2 Å². The number of ether oxygens (including phenoxy) is 1. The molecule has 1 atom stereocenters. The number of nitrogens with one attached hydrogen (secondary N) is 3. The lowest BCUT2D eigenvalue weighted by molar-refractivity contribution is -0.116. The van der Waals surface area contributed by atoms with Crippen LogP contribution in [0.15, 0.2) is 47.1 Å². The largest absolute Gasteiger partial charge is 0.492 e. The highest BCUT2D eigenvalue weighted by Gasteiger charge is 2.19. The molecule has 3 N–H and O–H groups in total. The van der Waals surface area contributed by atoms with Crippen LogP contribution < -0.4 is 20.7 Å². The van der Waals surface area contributed by atoms with Crippen LogP contribution in [0.2, 0.25) is 0 Å². The second-order valence-corrected chi connectivity index (χ2v) is 10.7. The van der Waals surface area contributed by atoms with Crippen molar-refractivity contribution in [2.45, 2.75) is 45.6 Å². The number of anilines is 2. The molecule has 0 aliphatic rings. The van der Waals surface area contributed by atoms with E-state index in [1.54, 1.807) is 19.2 Å². The lowest BCUT2D eigenvalue weighted by Crippen LogP contribution is -2.28. The van der Waals surface area contributed by atoms with Crippen LogP contribution in [-0.2, 0) is 4.79 Å². The second kappa shape index (κ2) is 15.8. The number of carbonyl (C=O) groups is 1. The van der Waals surface area contributed by atoms with Crippen molar-refractivity contribution in [3.05, 3.63) is 54.3 Å². The molecule has 43 heavy (non-hydrogen) atoms. The number of nitrogens with zero attached hydrogens (tertiary/aromatic N) is 4. The average molecular weight is 651 g/mol. The van der Waals surface area contributed by atoms with Gasteiger partial charge in [0.25, 0.3) is 0 Å². The predicted octanol–water partition coefficient (Wildman–Crippen LogP) is 6.78. The van der Waals surface area contributed by atoms with Crippen molar-refractivity contribution in [1.29, 1.82) is 0 Å². The Bertz CT molecular complexity index is 1670. The van der Waals surface area contributed by atoms with Crippen molar-refractivity contribution in [2.75, 3.05) is 30.8 Å². The fourth-order valence-corrected chi connectivity index (χ4v) is 5.47. The zero-order valence-electron chi connectivity index (χ0n) is 24.0. The monoisotopic (exact) mass is 649 g/mol. The van der Waals surface area contributed by atoms with E-state index in [4.69, 9.17) is 9.26 Å². The normalized spacial score (nSPS) is 11.5. The molecule has 0 aliphatic carbocycles. The number of amides is 1. The highest BCUT2D eigenvalue weighted by Crippen LogP contribution is 2.35. The fraction of sp³-hybridized carbons (Fsp3) is 0.345. The number of halogens is 3. The summed E-state index contributed by atoms with van der Waals surface area (Å²) in [5, 5.41) is 15.7. The Hall–Kier alpha value is -3.58. The summed E-state index contributed by atoms with van der Waals surface area (Å²) in [5.74, 6) is 1.52. The number of carbonyl (C=O) groups excluding carboxylic acids is 1. The summed E-state index contributed by atoms with van der Waals surface area (Å²) in [7, 11) is 1.90. The van der Waals surface area contributed by atoms with Crippen LogP contribution in [0.4, 0.5) is 15.3 Å². The van der Waals surface area contributed by atoms with E-state index < -0.39 is 5.82 Å². The van der Waals surface area contributed by atoms with E-state index in [9.17, 15) is 9.18 Å². The minimum Gasteiger partial charge on any atom is -0.492 e. The molecule has 5 rings (SSSR count). The van der Waals surface area contributed by atoms with Crippen molar-refractivity contribution in [3.8, 4) is 17.1 Å². The number of aromatic nitrogens is 4. The minimum atomic E-state index is -0.454. The molecule has 5 aromatic rings. The van der Waals surface area contributed by atoms with Crippen molar-refractivity contribution in [3.63, 3.8) is 0 Å². The standard InChI is InChI=1S/C29H32FN7O3S.2ClH/c1-4-14-39-23-10-9-22(30)25-26(23)41-29(36-25)35-24(38)16-20(6-5-12-31-3)34-28-21-15-19(27-33-17(2)40-37-27)8-7-18(21)11-13-32-28;;/h7-11,13,15,20,31H,4-6,12,14,16H2,1-3H3,(H,32,34)(H,35,36,38);2*1H/t20-;;/m0../s1. The third-order valence-corrected chi connectivity index (χ3v) is 7.46. The van der Waals surface area contributed by atoms with Crippen LogP contribution in [0.25, 0.3) is 32.4 Å². The summed E-state index contributed by atoms with van der Waals surface area (Å²) in [5.41, 5.74) is 0.996. The highest BCUT2D eigenvalue weighted by molar-refractivity contribution is 7.22. The van der Waals surface area contributed by atoms with Gasteiger partial charge in [0.05, 0.1) is 6.61 Å². The van der Waals surface area contributed by atoms with Gasteiger partial charge in [-0.15, -0.1) is 24.8 Å². The molecule has 3 heterocycles. The molecular formula is C29H34Cl2FN7O3S. The van der Waals surface area contributed by atoms with Gasteiger partial charge in [0.1, 0.15) is 21.8 Å². The van der Waals surface area contributed by atoms with Gasteiger partial charge in [-0.3, -0.25) is 4.79 Å². The maximum absolute atomic E-state index is 14.5. The van der Waals surface area contributed by atoms with Crippen molar-refractivity contribution in [1.82, 2.24) is 25.4 Å². The number of hydrogen-bond donors (Lipinski definition) is 3. The molecule has 2 aromatic carbocycles. The summed E-state index contributed by atoms with van der Waals surface area (Å²) in [6.45, 7) is 5.07. The van der Waals surface area contributed by atoms with Gasteiger partial charge in [0.15, 0.2) is 10.9 Å². The van der Waals surface area contributed by atoms with Crippen LogP contribution in [0.3, 0.4) is 0 Å². The molecule has 1 amide bonds. The van der Waals surface area contributed by atoms with Gasteiger partial charge in [-0.1, -0.05) is 35.5 Å². The first-order chi connectivity index (χ1) is 19.9. The van der Waals surface area contributed by atoms with Gasteiger partial charge >= 0.3 is 0 Å². The number of rotatable bonds is 13. The maximum atomic E-state index is 14.5. The first kappa shape index (κ1) is 33.9. The van der Waals surface area contributed by atoms with Crippen molar-refractivity contribution in [2.24, 2.45) is 0 Å². The van der Waals surface area contributed by atoms with E-state index in [1.807, 2.05) is 38.2 Å². The minimum absolute atomic E-state index is 0. The number of benzene rings is 2. The lowest BCUT2D eigenvalue weighted by atomic mass is 10.0. The highest BCUT2D eigenvalue weighted by atomic mass is 35.5. The zero-order valence-corrected chi connectivity index (χ0v) is 26.4. The molecular weight excluding hydrogens is 616 g/mol. The Morgan fingerprint density at radius 3 is 2.74 bits per heavy atom. The molecule has 0 bridgehead atoms.